The minimum absolute atomic E-state index is 0.333. The van der Waals surface area contributed by atoms with Crippen molar-refractivity contribution >= 4 is 0 Å². The molecule has 1 aromatic rings. The van der Waals surface area contributed by atoms with Crippen LogP contribution in [0, 0.1) is 0 Å². The average molecular weight is 264 g/mol. The summed E-state index contributed by atoms with van der Waals surface area (Å²) in [5.41, 5.74) is 1.26. The van der Waals surface area contributed by atoms with Crippen molar-refractivity contribution < 1.29 is 5.11 Å². The molecule has 1 aromatic carbocycles. The number of aromatic hydroxyl groups is 1. The fourth-order valence-electron chi connectivity index (χ4n) is 2.08. The van der Waals surface area contributed by atoms with Crippen LogP contribution in [0.4, 0.5) is 0 Å². The van der Waals surface area contributed by atoms with Crippen molar-refractivity contribution in [3.05, 3.63) is 29.8 Å². The second-order valence-corrected chi connectivity index (χ2v) is 5.46. The summed E-state index contributed by atoms with van der Waals surface area (Å²) in [6, 6.07) is 8.57. The van der Waals surface area contributed by atoms with Gasteiger partial charge in [0, 0.05) is 25.2 Å². The van der Waals surface area contributed by atoms with E-state index in [9.17, 15) is 5.11 Å². The van der Waals surface area contributed by atoms with Gasteiger partial charge in [-0.2, -0.15) is 0 Å². The van der Waals surface area contributed by atoms with E-state index in [1.165, 1.54) is 12.0 Å². The summed E-state index contributed by atoms with van der Waals surface area (Å²) in [7, 11) is 2.18. The highest BCUT2D eigenvalue weighted by molar-refractivity contribution is 5.26. The van der Waals surface area contributed by atoms with Crippen LogP contribution in [0.1, 0.15) is 32.8 Å². The highest BCUT2D eigenvalue weighted by Gasteiger charge is 2.07. The minimum Gasteiger partial charge on any atom is -0.508 e. The molecule has 2 atom stereocenters. The number of phenolic OH excluding ortho intramolecular Hbond substituents is 1. The van der Waals surface area contributed by atoms with Gasteiger partial charge in [-0.1, -0.05) is 19.1 Å². The molecule has 1 rings (SSSR count). The maximum atomic E-state index is 9.25. The Labute approximate surface area is 117 Å². The van der Waals surface area contributed by atoms with Gasteiger partial charge in [0.15, 0.2) is 0 Å². The smallest absolute Gasteiger partial charge is 0.115 e. The highest BCUT2D eigenvalue weighted by Crippen LogP contribution is 2.11. The van der Waals surface area contributed by atoms with Gasteiger partial charge in [-0.3, -0.25) is 0 Å². The molecule has 0 bridgehead atoms. The molecular formula is C16H28N2O. The van der Waals surface area contributed by atoms with Crippen molar-refractivity contribution in [3.63, 3.8) is 0 Å². The molecule has 0 spiro atoms. The Kier molecular flexibility index (Phi) is 6.89. The first-order valence-corrected chi connectivity index (χ1v) is 7.24. The van der Waals surface area contributed by atoms with Crippen LogP contribution >= 0.6 is 0 Å². The first kappa shape index (κ1) is 16.0. The monoisotopic (exact) mass is 264 g/mol. The maximum Gasteiger partial charge on any atom is 0.115 e. The molecule has 0 aromatic heterocycles. The molecule has 0 amide bonds. The lowest BCUT2D eigenvalue weighted by Crippen LogP contribution is -2.38. The molecule has 0 aliphatic heterocycles. The quantitative estimate of drug-likeness (QED) is 0.757. The lowest BCUT2D eigenvalue weighted by atomic mass is 10.1. The van der Waals surface area contributed by atoms with E-state index in [0.717, 1.165) is 19.5 Å². The third kappa shape index (κ3) is 6.08. The van der Waals surface area contributed by atoms with Crippen LogP contribution in [0.3, 0.4) is 0 Å². The van der Waals surface area contributed by atoms with Gasteiger partial charge >= 0.3 is 0 Å². The Bertz CT molecular complexity index is 350. The van der Waals surface area contributed by atoms with Crippen LogP contribution in [-0.4, -0.2) is 42.2 Å². The Morgan fingerprint density at radius 2 is 1.84 bits per heavy atom. The summed E-state index contributed by atoms with van der Waals surface area (Å²) in [5.74, 6) is 0.333. The van der Waals surface area contributed by atoms with Gasteiger partial charge in [-0.15, -0.1) is 0 Å². The number of benzene rings is 1. The van der Waals surface area contributed by atoms with E-state index in [0.29, 0.717) is 17.8 Å². The molecule has 0 aliphatic rings. The minimum atomic E-state index is 0.333. The van der Waals surface area contributed by atoms with E-state index in [1.807, 2.05) is 12.1 Å². The van der Waals surface area contributed by atoms with Crippen LogP contribution in [-0.2, 0) is 6.42 Å². The van der Waals surface area contributed by atoms with Gasteiger partial charge in [0.05, 0.1) is 0 Å². The number of nitrogens with one attached hydrogen (secondary N) is 1. The second kappa shape index (κ2) is 8.18. The van der Waals surface area contributed by atoms with Crippen molar-refractivity contribution in [2.24, 2.45) is 0 Å². The zero-order chi connectivity index (χ0) is 14.3. The van der Waals surface area contributed by atoms with E-state index < -0.39 is 0 Å². The number of hydrogen-bond donors (Lipinski definition) is 2. The number of hydrogen-bond acceptors (Lipinski definition) is 3. The molecule has 3 nitrogen and oxygen atoms in total. The van der Waals surface area contributed by atoms with Crippen LogP contribution in [0.25, 0.3) is 0 Å². The average Bonchev–Trinajstić information content (AvgIpc) is 2.40. The lowest BCUT2D eigenvalue weighted by Gasteiger charge is -2.24. The predicted molar refractivity (Wildman–Crippen MR) is 81.7 cm³/mol. The summed E-state index contributed by atoms with van der Waals surface area (Å²) in [5, 5.41) is 12.8. The second-order valence-electron chi connectivity index (χ2n) is 5.46. The SMILES string of the molecule is CCC(C)N(C)CCNC(C)Cc1ccc(O)cc1. The summed E-state index contributed by atoms with van der Waals surface area (Å²) in [4.78, 5) is 2.39. The zero-order valence-electron chi connectivity index (χ0n) is 12.7. The molecule has 19 heavy (non-hydrogen) atoms. The third-order valence-corrected chi connectivity index (χ3v) is 3.78. The van der Waals surface area contributed by atoms with Crippen LogP contribution in [0.15, 0.2) is 24.3 Å². The number of nitrogens with zero attached hydrogens (tertiary/aromatic N) is 1. The van der Waals surface area contributed by atoms with Gasteiger partial charge in [0.25, 0.3) is 0 Å². The van der Waals surface area contributed by atoms with Gasteiger partial charge < -0.3 is 15.3 Å². The predicted octanol–water partition coefficient (Wildman–Crippen LogP) is 2.64. The van der Waals surface area contributed by atoms with E-state index in [-0.39, 0.29) is 0 Å². The molecule has 0 fully saturated rings. The van der Waals surface area contributed by atoms with Crippen molar-refractivity contribution in [1.29, 1.82) is 0 Å². The van der Waals surface area contributed by atoms with E-state index in [1.54, 1.807) is 12.1 Å². The maximum absolute atomic E-state index is 9.25. The van der Waals surface area contributed by atoms with Gasteiger partial charge in [0.2, 0.25) is 0 Å². The fraction of sp³-hybridized carbons (Fsp3) is 0.625. The normalized spacial score (nSPS) is 14.6. The Hall–Kier alpha value is -1.06. The fourth-order valence-corrected chi connectivity index (χ4v) is 2.08. The van der Waals surface area contributed by atoms with E-state index >= 15 is 0 Å². The Balaban J connectivity index is 2.24. The van der Waals surface area contributed by atoms with Gasteiger partial charge in [-0.25, -0.2) is 0 Å². The van der Waals surface area contributed by atoms with Crippen molar-refractivity contribution in [3.8, 4) is 5.75 Å². The molecule has 0 saturated carbocycles. The molecule has 3 heteroatoms. The van der Waals surface area contributed by atoms with Crippen molar-refractivity contribution in [1.82, 2.24) is 10.2 Å². The molecule has 0 radical (unpaired) electrons. The van der Waals surface area contributed by atoms with E-state index in [2.05, 4.69) is 38.0 Å². The molecule has 0 heterocycles. The topological polar surface area (TPSA) is 35.5 Å². The van der Waals surface area contributed by atoms with E-state index in [4.69, 9.17) is 0 Å². The molecule has 0 aliphatic carbocycles. The number of likely N-dealkylation sites (N-methyl/N-ethyl adjacent to an activating group) is 1. The molecule has 108 valence electrons. The number of rotatable bonds is 8. The van der Waals surface area contributed by atoms with Gasteiger partial charge in [-0.05, 0) is 51.4 Å². The molecule has 2 N–H and O–H groups in total. The Morgan fingerprint density at radius 1 is 1.21 bits per heavy atom. The Morgan fingerprint density at radius 3 is 2.42 bits per heavy atom. The highest BCUT2D eigenvalue weighted by atomic mass is 16.3. The van der Waals surface area contributed by atoms with Crippen LogP contribution in [0.5, 0.6) is 5.75 Å². The molecular weight excluding hydrogens is 236 g/mol. The summed E-state index contributed by atoms with van der Waals surface area (Å²) >= 11 is 0. The molecule has 0 saturated heterocycles. The first-order chi connectivity index (χ1) is 9.02. The van der Waals surface area contributed by atoms with Crippen molar-refractivity contribution in [2.75, 3.05) is 20.1 Å². The zero-order valence-corrected chi connectivity index (χ0v) is 12.7. The van der Waals surface area contributed by atoms with Crippen LogP contribution < -0.4 is 5.32 Å². The summed E-state index contributed by atoms with van der Waals surface area (Å²) in [6.07, 6.45) is 2.19. The first-order valence-electron chi connectivity index (χ1n) is 7.24. The van der Waals surface area contributed by atoms with Crippen molar-refractivity contribution in [2.45, 2.75) is 45.7 Å². The molecule has 2 unspecified atom stereocenters. The lowest BCUT2D eigenvalue weighted by molar-refractivity contribution is 0.249. The standard InChI is InChI=1S/C16H28N2O/c1-5-14(3)18(4)11-10-17-13(2)12-15-6-8-16(19)9-7-15/h6-9,13-14,17,19H,5,10-12H2,1-4H3. The summed E-state index contributed by atoms with van der Waals surface area (Å²) in [6.45, 7) is 8.78. The van der Waals surface area contributed by atoms with Gasteiger partial charge in [0.1, 0.15) is 5.75 Å². The largest absolute Gasteiger partial charge is 0.508 e. The number of phenols is 1. The van der Waals surface area contributed by atoms with Crippen LogP contribution in [0.2, 0.25) is 0 Å². The third-order valence-electron chi connectivity index (χ3n) is 3.78. The summed E-state index contributed by atoms with van der Waals surface area (Å²) < 4.78 is 0.